The van der Waals surface area contributed by atoms with Gasteiger partial charge in [0, 0.05) is 31.9 Å². The number of nitrogens with one attached hydrogen (secondary N) is 3. The molecule has 0 aliphatic carbocycles. The second-order valence-corrected chi connectivity index (χ2v) is 9.71. The number of halogens is 1. The molecule has 0 spiro atoms. The molecule has 0 aliphatic rings. The fraction of sp³-hybridized carbons (Fsp3) is 0.273. The van der Waals surface area contributed by atoms with E-state index in [1.807, 2.05) is 0 Å². The number of allylic oxidation sites excluding steroid dienone is 6. The van der Waals surface area contributed by atoms with E-state index in [0.29, 0.717) is 59.2 Å². The molecule has 0 heterocycles. The smallest absolute Gasteiger partial charge is 0.339 e. The van der Waals surface area contributed by atoms with Gasteiger partial charge >= 0.3 is 11.9 Å². The zero-order valence-electron chi connectivity index (χ0n) is 27.7. The molecule has 0 aliphatic heterocycles. The van der Waals surface area contributed by atoms with Gasteiger partial charge in [0.2, 0.25) is 0 Å². The van der Waals surface area contributed by atoms with Crippen LogP contribution >= 0.6 is 11.6 Å². The molecule has 15 heteroatoms. The van der Waals surface area contributed by atoms with Crippen molar-refractivity contribution >= 4 is 46.4 Å². The second-order valence-electron chi connectivity index (χ2n) is 9.31. The molecule has 14 nitrogen and oxygen atoms in total. The number of esters is 2. The van der Waals surface area contributed by atoms with Crippen LogP contribution in [0.25, 0.3) is 0 Å². The van der Waals surface area contributed by atoms with E-state index in [1.165, 1.54) is 32.4 Å². The molecule has 0 saturated heterocycles. The predicted octanol–water partition coefficient (Wildman–Crippen LogP) is 4.59. The fourth-order valence-corrected chi connectivity index (χ4v) is 3.34. The van der Waals surface area contributed by atoms with Crippen LogP contribution in [0, 0.1) is 5.41 Å². The summed E-state index contributed by atoms with van der Waals surface area (Å²) >= 11 is 5.11. The normalized spacial score (nSPS) is 11.2. The van der Waals surface area contributed by atoms with Crippen molar-refractivity contribution in [2.24, 2.45) is 17.2 Å². The minimum Gasteiger partial charge on any atom is -0.513 e. The zero-order valence-corrected chi connectivity index (χ0v) is 28.4. The molecular formula is C33H45ClN6O8. The van der Waals surface area contributed by atoms with Crippen LogP contribution in [0.15, 0.2) is 84.1 Å². The van der Waals surface area contributed by atoms with Crippen molar-refractivity contribution in [2.75, 3.05) is 52.2 Å². The van der Waals surface area contributed by atoms with Gasteiger partial charge in [-0.1, -0.05) is 11.6 Å². The maximum absolute atomic E-state index is 11.7. The predicted molar refractivity (Wildman–Crippen MR) is 189 cm³/mol. The van der Waals surface area contributed by atoms with Crippen LogP contribution in [-0.4, -0.2) is 70.0 Å². The molecule has 262 valence electrons. The van der Waals surface area contributed by atoms with Crippen molar-refractivity contribution < 1.29 is 38.4 Å². The Balaban J connectivity index is 0.00000100. The summed E-state index contributed by atoms with van der Waals surface area (Å²) in [6, 6.07) is 10.4. The molecule has 0 amide bonds. The molecule has 0 unspecified atom stereocenters. The average Bonchev–Trinajstić information content (AvgIpc) is 3.10. The van der Waals surface area contributed by atoms with Gasteiger partial charge in [-0.2, -0.15) is 0 Å². The molecule has 2 aromatic rings. The highest BCUT2D eigenvalue weighted by molar-refractivity contribution is 6.67. The van der Waals surface area contributed by atoms with E-state index in [2.05, 4.69) is 10.6 Å². The summed E-state index contributed by atoms with van der Waals surface area (Å²) in [6.45, 7) is 2.76. The Morgan fingerprint density at radius 2 is 1.29 bits per heavy atom. The highest BCUT2D eigenvalue weighted by atomic mass is 35.5. The number of methoxy groups -OCH3 is 2. The van der Waals surface area contributed by atoms with Crippen molar-refractivity contribution in [3.63, 3.8) is 0 Å². The molecule has 2 aromatic carbocycles. The number of ether oxygens (including phenoxy) is 4. The minimum absolute atomic E-state index is 0.125. The highest BCUT2D eigenvalue weighted by Crippen LogP contribution is 2.24. The number of anilines is 2. The Kier molecular flexibility index (Phi) is 21.7. The molecule has 48 heavy (non-hydrogen) atoms. The van der Waals surface area contributed by atoms with Gasteiger partial charge in [-0.15, -0.1) is 0 Å². The number of hydrogen-bond donors (Lipinski definition) is 7. The summed E-state index contributed by atoms with van der Waals surface area (Å²) in [5.74, 6) is 0.545. The highest BCUT2D eigenvalue weighted by Gasteiger charge is 2.13. The first kappa shape index (κ1) is 42.4. The third-order valence-electron chi connectivity index (χ3n) is 5.65. The first-order valence-corrected chi connectivity index (χ1v) is 14.7. The quantitative estimate of drug-likeness (QED) is 0.0258. The number of aldehydes is 1. The largest absolute Gasteiger partial charge is 0.513 e. The summed E-state index contributed by atoms with van der Waals surface area (Å²) in [5.41, 5.74) is 18.6. The van der Waals surface area contributed by atoms with E-state index in [1.54, 1.807) is 63.5 Å². The lowest BCUT2D eigenvalue weighted by atomic mass is 10.1. The van der Waals surface area contributed by atoms with Crippen molar-refractivity contribution in [2.45, 2.75) is 19.8 Å². The Morgan fingerprint density at radius 1 is 0.833 bits per heavy atom. The number of unbranched alkanes of at least 4 members (excludes halogenated alkanes) is 1. The summed E-state index contributed by atoms with van der Waals surface area (Å²) < 4.78 is 21.0. The summed E-state index contributed by atoms with van der Waals surface area (Å²) in [4.78, 5) is 33.3. The standard InChI is InChI=1S/C22H28N2O6.C6H10N2O.C5H7ClN2O/c1-23-19-13-15(7-9-17(19)21(25)27-3)29-11-5-6-12-30-16-8-10-18(22(26)28-4)20(14-16)24-2;1-5(7)2-3-6(8)4-9;6-5(8)2-1-4(7)3-9/h7-10,13-14,23-24H,5-6,11-12H2,1-4H3;2-4H,7-8H2,1H3;1-3,8-9H,7H2/b;5-2-,6-3-;2-1-,4-3-,8-5?. The van der Waals surface area contributed by atoms with Gasteiger partial charge < -0.3 is 51.9 Å². The molecule has 0 atom stereocenters. The van der Waals surface area contributed by atoms with Gasteiger partial charge in [-0.05, 0) is 68.3 Å². The van der Waals surface area contributed by atoms with E-state index in [0.717, 1.165) is 19.1 Å². The van der Waals surface area contributed by atoms with E-state index in [4.69, 9.17) is 58.3 Å². The Labute approximate surface area is 285 Å². The number of carbonyl (C=O) groups excluding carboxylic acids is 3. The van der Waals surface area contributed by atoms with Crippen LogP contribution in [0.1, 0.15) is 40.5 Å². The van der Waals surface area contributed by atoms with Crippen molar-refractivity contribution in [1.82, 2.24) is 0 Å². The van der Waals surface area contributed by atoms with Gasteiger partial charge in [-0.25, -0.2) is 9.59 Å². The van der Waals surface area contributed by atoms with Gasteiger partial charge in [0.25, 0.3) is 0 Å². The number of rotatable bonds is 15. The lowest BCUT2D eigenvalue weighted by molar-refractivity contribution is -0.105. The van der Waals surface area contributed by atoms with E-state index in [9.17, 15) is 14.4 Å². The van der Waals surface area contributed by atoms with E-state index >= 15 is 0 Å². The van der Waals surface area contributed by atoms with Crippen molar-refractivity contribution in [3.05, 3.63) is 95.2 Å². The third-order valence-corrected chi connectivity index (χ3v) is 5.78. The molecule has 10 N–H and O–H groups in total. The molecule has 0 radical (unpaired) electrons. The molecule has 0 fully saturated rings. The van der Waals surface area contributed by atoms with Crippen molar-refractivity contribution in [3.8, 4) is 11.5 Å². The lowest BCUT2D eigenvalue weighted by Gasteiger charge is -2.12. The average molecular weight is 689 g/mol. The van der Waals surface area contributed by atoms with Crippen molar-refractivity contribution in [1.29, 1.82) is 5.41 Å². The SMILES string of the molecule is C/C(N)=C/C=C(\N)C=O.CNc1cc(OCCCCOc2ccc(C(=O)OC)c(NC)c2)ccc1C(=O)OC.N=C(Cl)/C=C\C(N)=C\O. The molecule has 0 saturated carbocycles. The number of hydrogen-bond acceptors (Lipinski definition) is 14. The van der Waals surface area contributed by atoms with Crippen LogP contribution in [0.5, 0.6) is 11.5 Å². The molecule has 2 rings (SSSR count). The third kappa shape index (κ3) is 17.8. The van der Waals surface area contributed by atoms with Gasteiger partial charge in [0.15, 0.2) is 6.29 Å². The fourth-order valence-electron chi connectivity index (χ4n) is 3.28. The minimum atomic E-state index is -0.399. The molecule has 0 aromatic heterocycles. The Hall–Kier alpha value is -5.63. The number of nitrogens with two attached hydrogens (primary N) is 3. The summed E-state index contributed by atoms with van der Waals surface area (Å²) in [5, 5.41) is 20.7. The number of aliphatic hydroxyl groups excluding tert-OH is 1. The zero-order chi connectivity index (χ0) is 36.5. The van der Waals surface area contributed by atoms with Crippen LogP contribution in [0.4, 0.5) is 11.4 Å². The maximum atomic E-state index is 11.7. The Morgan fingerprint density at radius 3 is 1.62 bits per heavy atom. The molecular weight excluding hydrogens is 644 g/mol. The molecule has 0 bridgehead atoms. The number of aliphatic hydroxyl groups is 1. The lowest BCUT2D eigenvalue weighted by Crippen LogP contribution is -2.07. The maximum Gasteiger partial charge on any atom is 0.339 e. The number of carbonyl (C=O) groups is 3. The monoisotopic (exact) mass is 688 g/mol. The second kappa shape index (κ2) is 24.6. The van der Waals surface area contributed by atoms with Crippen LogP contribution in [-0.2, 0) is 14.3 Å². The van der Waals surface area contributed by atoms with Gasteiger partial charge in [-0.3, -0.25) is 10.2 Å². The summed E-state index contributed by atoms with van der Waals surface area (Å²) in [6.07, 6.45) is 8.53. The van der Waals surface area contributed by atoms with E-state index < -0.39 is 11.9 Å². The Bertz CT molecular complexity index is 1400. The topological polar surface area (TPSA) is 234 Å². The first-order valence-electron chi connectivity index (χ1n) is 14.3. The summed E-state index contributed by atoms with van der Waals surface area (Å²) in [7, 11) is 6.17. The van der Waals surface area contributed by atoms with Crippen LogP contribution < -0.4 is 37.3 Å². The number of benzene rings is 2. The van der Waals surface area contributed by atoms with Crippen LogP contribution in [0.3, 0.4) is 0 Å². The van der Waals surface area contributed by atoms with Gasteiger partial charge in [0.1, 0.15) is 22.9 Å². The first-order chi connectivity index (χ1) is 22.9. The van der Waals surface area contributed by atoms with Crippen LogP contribution in [0.2, 0.25) is 0 Å². The van der Waals surface area contributed by atoms with E-state index in [-0.39, 0.29) is 16.6 Å². The van der Waals surface area contributed by atoms with Gasteiger partial charge in [0.05, 0.1) is 61.3 Å².